The van der Waals surface area contributed by atoms with Gasteiger partial charge in [0.05, 0.1) is 0 Å². The second kappa shape index (κ2) is 5.79. The lowest BCUT2D eigenvalue weighted by Gasteiger charge is -2.34. The molecule has 7 heteroatoms. The zero-order valence-corrected chi connectivity index (χ0v) is 11.2. The largest absolute Gasteiger partial charge is 0.341 e. The Morgan fingerprint density at radius 2 is 2.24 bits per heavy atom. The lowest BCUT2D eigenvalue weighted by molar-refractivity contribution is -0.130. The van der Waals surface area contributed by atoms with Crippen LogP contribution in [0.4, 0.5) is 0 Å². The van der Waals surface area contributed by atoms with Crippen LogP contribution in [-0.4, -0.2) is 51.2 Å². The summed E-state index contributed by atoms with van der Waals surface area (Å²) < 4.78 is 24.7. The van der Waals surface area contributed by atoms with Crippen molar-refractivity contribution in [1.82, 2.24) is 9.62 Å². The number of hydrogen-bond acceptors (Lipinski definition) is 4. The normalized spacial score (nSPS) is 23.5. The summed E-state index contributed by atoms with van der Waals surface area (Å²) in [5, 5.41) is 0. The summed E-state index contributed by atoms with van der Waals surface area (Å²) in [5.74, 6) is -0.551. The van der Waals surface area contributed by atoms with Crippen LogP contribution in [0.2, 0.25) is 0 Å². The molecule has 0 spiro atoms. The summed E-state index contributed by atoms with van der Waals surface area (Å²) in [4.78, 5) is 13.4. The molecule has 6 nitrogen and oxygen atoms in total. The van der Waals surface area contributed by atoms with Crippen molar-refractivity contribution in [2.75, 3.05) is 25.9 Å². The predicted molar refractivity (Wildman–Crippen MR) is 65.8 cm³/mol. The molecule has 0 bridgehead atoms. The van der Waals surface area contributed by atoms with Gasteiger partial charge < -0.3 is 10.6 Å². The van der Waals surface area contributed by atoms with Gasteiger partial charge >= 0.3 is 0 Å². The second-order valence-corrected chi connectivity index (χ2v) is 6.49. The Labute approximate surface area is 103 Å². The number of carbonyl (C=O) groups is 1. The summed E-state index contributed by atoms with van der Waals surface area (Å²) in [5.41, 5.74) is 5.81. The third-order valence-corrected chi connectivity index (χ3v) is 4.43. The van der Waals surface area contributed by atoms with E-state index in [0.29, 0.717) is 13.1 Å². The van der Waals surface area contributed by atoms with E-state index in [2.05, 4.69) is 4.72 Å². The van der Waals surface area contributed by atoms with Crippen LogP contribution in [0.25, 0.3) is 0 Å². The van der Waals surface area contributed by atoms with E-state index in [1.54, 1.807) is 4.90 Å². The number of nitrogens with zero attached hydrogens (tertiary/aromatic N) is 1. The lowest BCUT2D eigenvalue weighted by Crippen LogP contribution is -2.47. The van der Waals surface area contributed by atoms with Crippen molar-refractivity contribution in [3.63, 3.8) is 0 Å². The van der Waals surface area contributed by atoms with Crippen LogP contribution in [0.1, 0.15) is 19.8 Å². The molecule has 1 saturated heterocycles. The maximum atomic E-state index is 11.8. The van der Waals surface area contributed by atoms with E-state index < -0.39 is 15.8 Å². The molecule has 100 valence electrons. The molecular weight excluding hydrogens is 242 g/mol. The van der Waals surface area contributed by atoms with Crippen LogP contribution in [0, 0.1) is 5.92 Å². The van der Waals surface area contributed by atoms with E-state index in [-0.39, 0.29) is 17.9 Å². The Morgan fingerprint density at radius 1 is 1.59 bits per heavy atom. The number of carbonyl (C=O) groups excluding carboxylic acids is 1. The molecule has 2 atom stereocenters. The van der Waals surface area contributed by atoms with Gasteiger partial charge in [0.2, 0.25) is 15.9 Å². The van der Waals surface area contributed by atoms with Gasteiger partial charge in [-0.25, -0.2) is 13.1 Å². The number of sulfonamides is 1. The molecule has 1 amide bonds. The van der Waals surface area contributed by atoms with Crippen molar-refractivity contribution in [3.8, 4) is 0 Å². The van der Waals surface area contributed by atoms with Crippen LogP contribution in [0.3, 0.4) is 0 Å². The van der Waals surface area contributed by atoms with Gasteiger partial charge in [0.1, 0.15) is 5.75 Å². The number of amides is 1. The average molecular weight is 263 g/mol. The van der Waals surface area contributed by atoms with Crippen molar-refractivity contribution in [1.29, 1.82) is 0 Å². The highest BCUT2D eigenvalue weighted by molar-refractivity contribution is 7.90. The number of nitrogens with two attached hydrogens (primary N) is 1. The molecule has 1 fully saturated rings. The van der Waals surface area contributed by atoms with Gasteiger partial charge in [0.15, 0.2) is 0 Å². The van der Waals surface area contributed by atoms with E-state index in [0.717, 1.165) is 12.8 Å². The van der Waals surface area contributed by atoms with Crippen molar-refractivity contribution >= 4 is 15.9 Å². The molecule has 1 aliphatic heterocycles. The van der Waals surface area contributed by atoms with Crippen LogP contribution in [-0.2, 0) is 14.8 Å². The van der Waals surface area contributed by atoms with E-state index in [9.17, 15) is 13.2 Å². The van der Waals surface area contributed by atoms with E-state index >= 15 is 0 Å². The lowest BCUT2D eigenvalue weighted by atomic mass is 9.92. The minimum atomic E-state index is -3.48. The molecule has 1 aliphatic rings. The number of rotatable bonds is 4. The summed E-state index contributed by atoms with van der Waals surface area (Å²) in [7, 11) is -2.17. The molecule has 0 unspecified atom stereocenters. The second-order valence-electron chi connectivity index (χ2n) is 4.56. The van der Waals surface area contributed by atoms with Gasteiger partial charge in [-0.3, -0.25) is 4.79 Å². The Hall–Kier alpha value is -0.660. The van der Waals surface area contributed by atoms with Gasteiger partial charge in [0, 0.05) is 19.1 Å². The van der Waals surface area contributed by atoms with Gasteiger partial charge in [0.25, 0.3) is 0 Å². The number of hydrogen-bond donors (Lipinski definition) is 2. The highest BCUT2D eigenvalue weighted by Gasteiger charge is 2.27. The summed E-state index contributed by atoms with van der Waals surface area (Å²) in [6.45, 7) is 3.11. The molecule has 0 aromatic heterocycles. The Bertz CT molecular complexity index is 367. The number of piperidine rings is 1. The third kappa shape index (κ3) is 4.25. The smallest absolute Gasteiger partial charge is 0.239 e. The SMILES string of the molecule is CNS(=O)(=O)CC(=O)N1CCC[C@H]([C@H](C)N)C1. The Kier molecular flexibility index (Phi) is 4.91. The van der Waals surface area contributed by atoms with E-state index in [1.165, 1.54) is 7.05 Å². The Balaban J connectivity index is 2.58. The molecule has 1 rings (SSSR count). The van der Waals surface area contributed by atoms with Crippen LogP contribution >= 0.6 is 0 Å². The molecule has 0 radical (unpaired) electrons. The fourth-order valence-electron chi connectivity index (χ4n) is 1.99. The highest BCUT2D eigenvalue weighted by Crippen LogP contribution is 2.18. The number of nitrogens with one attached hydrogen (secondary N) is 1. The molecule has 0 aromatic carbocycles. The first kappa shape index (κ1) is 14.4. The molecule has 0 aliphatic carbocycles. The van der Waals surface area contributed by atoms with Gasteiger partial charge in [-0.1, -0.05) is 0 Å². The quantitative estimate of drug-likeness (QED) is 0.689. The first-order chi connectivity index (χ1) is 7.85. The van der Waals surface area contributed by atoms with Crippen LogP contribution < -0.4 is 10.5 Å². The maximum absolute atomic E-state index is 11.8. The first-order valence-corrected chi connectivity index (χ1v) is 7.45. The van der Waals surface area contributed by atoms with Gasteiger partial charge in [-0.15, -0.1) is 0 Å². The predicted octanol–water partition coefficient (Wildman–Crippen LogP) is -0.879. The Morgan fingerprint density at radius 3 is 2.76 bits per heavy atom. The van der Waals surface area contributed by atoms with Crippen LogP contribution in [0.15, 0.2) is 0 Å². The molecular formula is C10H21N3O3S. The molecule has 0 saturated carbocycles. The maximum Gasteiger partial charge on any atom is 0.239 e. The third-order valence-electron chi connectivity index (χ3n) is 3.18. The summed E-state index contributed by atoms with van der Waals surface area (Å²) in [6, 6.07) is 0.0338. The fraction of sp³-hybridized carbons (Fsp3) is 0.900. The van der Waals surface area contributed by atoms with Crippen LogP contribution in [0.5, 0.6) is 0 Å². The van der Waals surface area contributed by atoms with E-state index in [1.807, 2.05) is 6.92 Å². The van der Waals surface area contributed by atoms with Crippen molar-refractivity contribution in [2.24, 2.45) is 11.7 Å². The first-order valence-electron chi connectivity index (χ1n) is 5.80. The van der Waals surface area contributed by atoms with Crippen molar-refractivity contribution in [3.05, 3.63) is 0 Å². The number of likely N-dealkylation sites (tertiary alicyclic amines) is 1. The van der Waals surface area contributed by atoms with Gasteiger partial charge in [-0.2, -0.15) is 0 Å². The van der Waals surface area contributed by atoms with Crippen molar-refractivity contribution < 1.29 is 13.2 Å². The highest BCUT2D eigenvalue weighted by atomic mass is 32.2. The standard InChI is InChI=1S/C10H21N3O3S/c1-8(11)9-4-3-5-13(6-9)10(14)7-17(15,16)12-2/h8-9,12H,3-7,11H2,1-2H3/t8-,9-/m0/s1. The zero-order valence-electron chi connectivity index (χ0n) is 10.3. The van der Waals surface area contributed by atoms with Gasteiger partial charge in [-0.05, 0) is 32.7 Å². The topological polar surface area (TPSA) is 92.5 Å². The summed E-state index contributed by atoms with van der Waals surface area (Å²) >= 11 is 0. The molecule has 0 aromatic rings. The molecule has 1 heterocycles. The van der Waals surface area contributed by atoms with E-state index in [4.69, 9.17) is 5.73 Å². The minimum absolute atomic E-state index is 0.0338. The molecule has 3 N–H and O–H groups in total. The van der Waals surface area contributed by atoms with Crippen molar-refractivity contribution in [2.45, 2.75) is 25.8 Å². The molecule has 17 heavy (non-hydrogen) atoms. The zero-order chi connectivity index (χ0) is 13.1. The average Bonchev–Trinajstić information content (AvgIpc) is 2.28. The minimum Gasteiger partial charge on any atom is -0.341 e. The fourth-order valence-corrected chi connectivity index (χ4v) is 2.64. The summed E-state index contributed by atoms with van der Waals surface area (Å²) in [6.07, 6.45) is 1.89. The monoisotopic (exact) mass is 263 g/mol.